The third kappa shape index (κ3) is 4.78. The van der Waals surface area contributed by atoms with Crippen LogP contribution in [0.5, 0.6) is 5.75 Å². The van der Waals surface area contributed by atoms with E-state index < -0.39 is 0 Å². The van der Waals surface area contributed by atoms with E-state index in [-0.39, 0.29) is 5.41 Å². The summed E-state index contributed by atoms with van der Waals surface area (Å²) < 4.78 is 0. The van der Waals surface area contributed by atoms with Crippen LogP contribution in [0.2, 0.25) is 0 Å². The second-order valence-electron chi connectivity index (χ2n) is 5.54. The van der Waals surface area contributed by atoms with Gasteiger partial charge in [-0.3, -0.25) is 0 Å². The molecule has 17 heavy (non-hydrogen) atoms. The highest BCUT2D eigenvalue weighted by Crippen LogP contribution is 2.26. The zero-order valence-corrected chi connectivity index (χ0v) is 11.5. The summed E-state index contributed by atoms with van der Waals surface area (Å²) in [6.07, 6.45) is 2.19. The Hall–Kier alpha value is -1.02. The lowest BCUT2D eigenvalue weighted by atomic mass is 9.81. The largest absolute Gasteiger partial charge is 0.508 e. The smallest absolute Gasteiger partial charge is 0.115 e. The molecule has 2 N–H and O–H groups in total. The van der Waals surface area contributed by atoms with Gasteiger partial charge < -0.3 is 10.4 Å². The molecule has 2 heteroatoms. The van der Waals surface area contributed by atoms with Gasteiger partial charge >= 0.3 is 0 Å². The summed E-state index contributed by atoms with van der Waals surface area (Å²) in [4.78, 5) is 0. The van der Waals surface area contributed by atoms with Gasteiger partial charge in [-0.25, -0.2) is 0 Å². The maximum absolute atomic E-state index is 9.28. The second-order valence-corrected chi connectivity index (χ2v) is 5.54. The number of rotatable bonds is 6. The predicted molar refractivity (Wildman–Crippen MR) is 73.3 cm³/mol. The molecule has 1 aromatic carbocycles. The Morgan fingerprint density at radius 1 is 1.24 bits per heavy atom. The summed E-state index contributed by atoms with van der Waals surface area (Å²) in [7, 11) is 0. The van der Waals surface area contributed by atoms with Gasteiger partial charge in [-0.1, -0.05) is 39.8 Å². The molecule has 96 valence electrons. The van der Waals surface area contributed by atoms with Crippen LogP contribution in [0.3, 0.4) is 0 Å². The summed E-state index contributed by atoms with van der Waals surface area (Å²) in [5.41, 5.74) is 1.57. The molecule has 0 heterocycles. The Balaban J connectivity index is 2.64. The van der Waals surface area contributed by atoms with Gasteiger partial charge in [0.1, 0.15) is 5.75 Å². The Kier molecular flexibility index (Phi) is 5.01. The van der Waals surface area contributed by atoms with E-state index in [4.69, 9.17) is 0 Å². The van der Waals surface area contributed by atoms with Gasteiger partial charge in [0.15, 0.2) is 0 Å². The number of nitrogens with one attached hydrogen (secondary N) is 1. The number of phenolic OH excluding ortho intramolecular Hbond substituents is 1. The highest BCUT2D eigenvalue weighted by Gasteiger charge is 2.22. The molecule has 0 saturated heterocycles. The molecule has 0 radical (unpaired) electrons. The van der Waals surface area contributed by atoms with Crippen molar-refractivity contribution in [2.24, 2.45) is 5.41 Å². The van der Waals surface area contributed by atoms with Crippen LogP contribution in [-0.4, -0.2) is 17.7 Å². The number of benzene rings is 1. The van der Waals surface area contributed by atoms with Crippen LogP contribution < -0.4 is 5.32 Å². The number of aromatic hydroxyl groups is 1. The minimum atomic E-state index is 0.279. The van der Waals surface area contributed by atoms with E-state index in [0.717, 1.165) is 19.4 Å². The van der Waals surface area contributed by atoms with Gasteiger partial charge in [-0.05, 0) is 36.0 Å². The van der Waals surface area contributed by atoms with Crippen LogP contribution in [0, 0.1) is 5.41 Å². The van der Waals surface area contributed by atoms with Crippen molar-refractivity contribution in [3.63, 3.8) is 0 Å². The highest BCUT2D eigenvalue weighted by atomic mass is 16.3. The topological polar surface area (TPSA) is 32.3 Å². The molecule has 0 saturated carbocycles. The molecule has 0 bridgehead atoms. The van der Waals surface area contributed by atoms with Gasteiger partial charge in [0.25, 0.3) is 0 Å². The van der Waals surface area contributed by atoms with Crippen LogP contribution in [0.25, 0.3) is 0 Å². The Bertz CT molecular complexity index is 331. The molecule has 0 spiro atoms. The second kappa shape index (κ2) is 6.06. The molecule has 0 aromatic heterocycles. The van der Waals surface area contributed by atoms with E-state index in [1.54, 1.807) is 12.1 Å². The van der Waals surface area contributed by atoms with E-state index in [0.29, 0.717) is 11.8 Å². The van der Waals surface area contributed by atoms with Crippen LogP contribution in [-0.2, 0) is 6.42 Å². The lowest BCUT2D eigenvalue weighted by Gasteiger charge is -2.30. The molecular formula is C15H25NO. The first kappa shape index (κ1) is 14.0. The Labute approximate surface area is 105 Å². The first-order chi connectivity index (χ1) is 7.95. The highest BCUT2D eigenvalue weighted by molar-refractivity contribution is 5.26. The molecule has 0 fully saturated rings. The molecule has 0 aliphatic rings. The monoisotopic (exact) mass is 235 g/mol. The minimum absolute atomic E-state index is 0.279. The van der Waals surface area contributed by atoms with Crippen LogP contribution in [0.1, 0.15) is 39.7 Å². The zero-order chi connectivity index (χ0) is 12.9. The van der Waals surface area contributed by atoms with E-state index in [1.807, 2.05) is 12.1 Å². The molecule has 0 aliphatic heterocycles. The van der Waals surface area contributed by atoms with Gasteiger partial charge in [0, 0.05) is 12.6 Å². The van der Waals surface area contributed by atoms with Crippen molar-refractivity contribution in [3.8, 4) is 5.75 Å². The molecule has 0 aliphatic carbocycles. The predicted octanol–water partition coefficient (Wildman–Crippen LogP) is 3.35. The summed E-state index contributed by atoms with van der Waals surface area (Å²) in [5.74, 6) is 0.340. The van der Waals surface area contributed by atoms with Crippen LogP contribution in [0.4, 0.5) is 0 Å². The molecule has 1 unspecified atom stereocenters. The SMILES string of the molecule is CCC(C)(CNC(C)C)Cc1ccc(O)cc1. The molecule has 0 amide bonds. The minimum Gasteiger partial charge on any atom is -0.508 e. The average Bonchev–Trinajstić information content (AvgIpc) is 2.30. The van der Waals surface area contributed by atoms with Crippen molar-refractivity contribution < 1.29 is 5.11 Å². The molecule has 1 atom stereocenters. The van der Waals surface area contributed by atoms with Crippen LogP contribution >= 0.6 is 0 Å². The number of hydrogen-bond donors (Lipinski definition) is 2. The first-order valence-corrected chi connectivity index (χ1v) is 6.46. The fraction of sp³-hybridized carbons (Fsp3) is 0.600. The van der Waals surface area contributed by atoms with E-state index in [9.17, 15) is 5.11 Å². The Morgan fingerprint density at radius 2 is 1.82 bits per heavy atom. The van der Waals surface area contributed by atoms with E-state index in [2.05, 4.69) is 33.0 Å². The fourth-order valence-corrected chi connectivity index (χ4v) is 1.87. The maximum atomic E-state index is 9.28. The van der Waals surface area contributed by atoms with Crippen molar-refractivity contribution in [1.29, 1.82) is 0 Å². The summed E-state index contributed by atoms with van der Waals surface area (Å²) in [5, 5.41) is 12.8. The molecule has 1 rings (SSSR count). The van der Waals surface area contributed by atoms with E-state index >= 15 is 0 Å². The molecular weight excluding hydrogens is 210 g/mol. The number of phenols is 1. The fourth-order valence-electron chi connectivity index (χ4n) is 1.87. The van der Waals surface area contributed by atoms with Crippen molar-refractivity contribution in [3.05, 3.63) is 29.8 Å². The maximum Gasteiger partial charge on any atom is 0.115 e. The Morgan fingerprint density at radius 3 is 2.29 bits per heavy atom. The summed E-state index contributed by atoms with van der Waals surface area (Å²) in [6.45, 7) is 9.94. The van der Waals surface area contributed by atoms with Crippen molar-refractivity contribution in [2.75, 3.05) is 6.54 Å². The third-order valence-electron chi connectivity index (χ3n) is 3.36. The zero-order valence-electron chi connectivity index (χ0n) is 11.5. The van der Waals surface area contributed by atoms with Gasteiger partial charge in [0.2, 0.25) is 0 Å². The normalized spacial score (nSPS) is 14.9. The van der Waals surface area contributed by atoms with Crippen molar-refractivity contribution >= 4 is 0 Å². The van der Waals surface area contributed by atoms with E-state index in [1.165, 1.54) is 5.56 Å². The van der Waals surface area contributed by atoms with Gasteiger partial charge in [-0.2, -0.15) is 0 Å². The van der Waals surface area contributed by atoms with Gasteiger partial charge in [-0.15, -0.1) is 0 Å². The van der Waals surface area contributed by atoms with Gasteiger partial charge in [0.05, 0.1) is 0 Å². The molecule has 2 nitrogen and oxygen atoms in total. The third-order valence-corrected chi connectivity index (χ3v) is 3.36. The van der Waals surface area contributed by atoms with Crippen LogP contribution in [0.15, 0.2) is 24.3 Å². The number of hydrogen-bond acceptors (Lipinski definition) is 2. The quantitative estimate of drug-likeness (QED) is 0.792. The average molecular weight is 235 g/mol. The summed E-state index contributed by atoms with van der Waals surface area (Å²) in [6, 6.07) is 8.08. The first-order valence-electron chi connectivity index (χ1n) is 6.46. The lowest BCUT2D eigenvalue weighted by Crippen LogP contribution is -2.36. The standard InChI is InChI=1S/C15H25NO/c1-5-15(4,11-16-12(2)3)10-13-6-8-14(17)9-7-13/h6-9,12,16-17H,5,10-11H2,1-4H3. The lowest BCUT2D eigenvalue weighted by molar-refractivity contribution is 0.281. The van der Waals surface area contributed by atoms with Crippen molar-refractivity contribution in [1.82, 2.24) is 5.32 Å². The molecule has 1 aromatic rings. The van der Waals surface area contributed by atoms with Crippen molar-refractivity contribution in [2.45, 2.75) is 46.6 Å². The summed E-state index contributed by atoms with van der Waals surface area (Å²) >= 11 is 0.